The molecule has 0 aliphatic carbocycles. The second kappa shape index (κ2) is 4.53. The first-order chi connectivity index (χ1) is 6.15. The zero-order valence-electron chi connectivity index (χ0n) is 8.16. The van der Waals surface area contributed by atoms with E-state index >= 15 is 0 Å². The van der Waals surface area contributed by atoms with E-state index in [2.05, 4.69) is 0 Å². The summed E-state index contributed by atoms with van der Waals surface area (Å²) in [4.78, 5) is 12.7. The Hall–Kier alpha value is -0.670. The van der Waals surface area contributed by atoms with Crippen molar-refractivity contribution >= 4 is 17.1 Å². The summed E-state index contributed by atoms with van der Waals surface area (Å²) in [6.45, 7) is 3.87. The summed E-state index contributed by atoms with van der Waals surface area (Å²) >= 11 is 1.61. The van der Waals surface area contributed by atoms with Gasteiger partial charge in [0.1, 0.15) is 0 Å². The molecule has 1 unspecified atom stereocenters. The van der Waals surface area contributed by atoms with Gasteiger partial charge in [-0.25, -0.2) is 0 Å². The van der Waals surface area contributed by atoms with E-state index < -0.39 is 0 Å². The van der Waals surface area contributed by atoms with E-state index in [4.69, 9.17) is 4.74 Å². The SMILES string of the molecule is COC(C)CC(=O)c1ccsc1C. The summed E-state index contributed by atoms with van der Waals surface area (Å²) in [6, 6.07) is 1.88. The number of hydrogen-bond acceptors (Lipinski definition) is 3. The number of ketones is 1. The van der Waals surface area contributed by atoms with Gasteiger partial charge in [0.2, 0.25) is 0 Å². The largest absolute Gasteiger partial charge is 0.381 e. The van der Waals surface area contributed by atoms with E-state index in [1.807, 2.05) is 25.3 Å². The fraction of sp³-hybridized carbons (Fsp3) is 0.500. The minimum atomic E-state index is 0.00630. The zero-order chi connectivity index (χ0) is 9.84. The second-order valence-corrected chi connectivity index (χ2v) is 4.18. The predicted molar refractivity (Wildman–Crippen MR) is 54.5 cm³/mol. The Morgan fingerprint density at radius 2 is 2.38 bits per heavy atom. The van der Waals surface area contributed by atoms with Crippen molar-refractivity contribution in [1.82, 2.24) is 0 Å². The highest BCUT2D eigenvalue weighted by Crippen LogP contribution is 2.17. The molecule has 13 heavy (non-hydrogen) atoms. The van der Waals surface area contributed by atoms with Gasteiger partial charge in [0.15, 0.2) is 5.78 Å². The zero-order valence-corrected chi connectivity index (χ0v) is 8.98. The lowest BCUT2D eigenvalue weighted by molar-refractivity contribution is 0.0792. The van der Waals surface area contributed by atoms with E-state index in [1.54, 1.807) is 18.4 Å². The molecular weight excluding hydrogens is 184 g/mol. The number of Topliss-reactive ketones (excluding diaryl/α,β-unsaturated/α-hetero) is 1. The third-order valence-corrected chi connectivity index (χ3v) is 2.88. The molecule has 1 aromatic heterocycles. The van der Waals surface area contributed by atoms with Gasteiger partial charge >= 0.3 is 0 Å². The number of ether oxygens (including phenoxy) is 1. The van der Waals surface area contributed by atoms with Crippen molar-refractivity contribution in [2.75, 3.05) is 7.11 Å². The molecule has 0 saturated carbocycles. The van der Waals surface area contributed by atoms with E-state index in [1.165, 1.54) is 0 Å². The van der Waals surface area contributed by atoms with Gasteiger partial charge in [0.05, 0.1) is 6.10 Å². The van der Waals surface area contributed by atoms with Crippen LogP contribution in [-0.2, 0) is 4.74 Å². The molecular formula is C10H14O2S. The Kier molecular flexibility index (Phi) is 3.63. The van der Waals surface area contributed by atoms with Crippen LogP contribution in [-0.4, -0.2) is 19.0 Å². The summed E-state index contributed by atoms with van der Waals surface area (Å²) < 4.78 is 5.04. The van der Waals surface area contributed by atoms with E-state index in [0.717, 1.165) is 10.4 Å². The minimum absolute atomic E-state index is 0.00630. The van der Waals surface area contributed by atoms with Crippen molar-refractivity contribution in [1.29, 1.82) is 0 Å². The summed E-state index contributed by atoms with van der Waals surface area (Å²) in [6.07, 6.45) is 0.473. The quantitative estimate of drug-likeness (QED) is 0.695. The molecule has 1 atom stereocenters. The van der Waals surface area contributed by atoms with Gasteiger partial charge < -0.3 is 4.74 Å². The Morgan fingerprint density at radius 3 is 2.85 bits per heavy atom. The second-order valence-electron chi connectivity index (χ2n) is 3.06. The first-order valence-corrected chi connectivity index (χ1v) is 5.13. The average Bonchev–Trinajstić information content (AvgIpc) is 2.51. The molecule has 1 aromatic rings. The summed E-state index contributed by atoms with van der Waals surface area (Å²) in [5, 5.41) is 1.94. The lowest BCUT2D eigenvalue weighted by Gasteiger charge is -2.07. The predicted octanol–water partition coefficient (Wildman–Crippen LogP) is 2.66. The van der Waals surface area contributed by atoms with Gasteiger partial charge in [-0.1, -0.05) is 0 Å². The molecule has 0 saturated heterocycles. The van der Waals surface area contributed by atoms with Crippen molar-refractivity contribution in [3.05, 3.63) is 21.9 Å². The number of aryl methyl sites for hydroxylation is 1. The Labute approximate surface area is 82.5 Å². The fourth-order valence-corrected chi connectivity index (χ4v) is 1.85. The van der Waals surface area contributed by atoms with Gasteiger partial charge in [0, 0.05) is 24.0 Å². The molecule has 0 aromatic carbocycles. The molecule has 0 aliphatic rings. The van der Waals surface area contributed by atoms with Crippen LogP contribution in [0.2, 0.25) is 0 Å². The molecule has 0 amide bonds. The van der Waals surface area contributed by atoms with Gasteiger partial charge in [-0.15, -0.1) is 11.3 Å². The Balaban J connectivity index is 2.64. The molecule has 0 spiro atoms. The number of carbonyl (C=O) groups is 1. The van der Waals surface area contributed by atoms with Crippen molar-refractivity contribution in [2.45, 2.75) is 26.4 Å². The number of methoxy groups -OCH3 is 1. The molecule has 2 nitrogen and oxygen atoms in total. The number of rotatable bonds is 4. The highest BCUT2D eigenvalue weighted by molar-refractivity contribution is 7.10. The average molecular weight is 198 g/mol. The van der Waals surface area contributed by atoms with Crippen molar-refractivity contribution in [2.24, 2.45) is 0 Å². The van der Waals surface area contributed by atoms with Crippen molar-refractivity contribution in [3.8, 4) is 0 Å². The molecule has 72 valence electrons. The standard InChI is InChI=1S/C10H14O2S/c1-7(12-3)6-10(11)9-4-5-13-8(9)2/h4-5,7H,6H2,1-3H3. The van der Waals surface area contributed by atoms with Crippen LogP contribution in [0.15, 0.2) is 11.4 Å². The molecule has 1 heterocycles. The van der Waals surface area contributed by atoms with Crippen LogP contribution in [0, 0.1) is 6.92 Å². The molecule has 0 aliphatic heterocycles. The van der Waals surface area contributed by atoms with Gasteiger partial charge in [-0.05, 0) is 25.3 Å². The van der Waals surface area contributed by atoms with Crippen LogP contribution in [0.1, 0.15) is 28.6 Å². The van der Waals surface area contributed by atoms with E-state index in [9.17, 15) is 4.79 Å². The summed E-state index contributed by atoms with van der Waals surface area (Å²) in [7, 11) is 1.62. The Bertz CT molecular complexity index is 291. The third-order valence-electron chi connectivity index (χ3n) is 2.03. The third kappa shape index (κ3) is 2.64. The van der Waals surface area contributed by atoms with Crippen LogP contribution in [0.25, 0.3) is 0 Å². The highest BCUT2D eigenvalue weighted by atomic mass is 32.1. The monoisotopic (exact) mass is 198 g/mol. The molecule has 3 heteroatoms. The maximum atomic E-state index is 11.6. The van der Waals surface area contributed by atoms with Crippen LogP contribution < -0.4 is 0 Å². The van der Waals surface area contributed by atoms with Crippen molar-refractivity contribution < 1.29 is 9.53 Å². The van der Waals surface area contributed by atoms with Gasteiger partial charge in [-0.2, -0.15) is 0 Å². The Morgan fingerprint density at radius 1 is 1.69 bits per heavy atom. The van der Waals surface area contributed by atoms with Gasteiger partial charge in [-0.3, -0.25) is 4.79 Å². The number of hydrogen-bond donors (Lipinski definition) is 0. The fourth-order valence-electron chi connectivity index (χ4n) is 1.13. The maximum Gasteiger partial charge on any atom is 0.166 e. The van der Waals surface area contributed by atoms with Crippen LogP contribution in [0.3, 0.4) is 0 Å². The lowest BCUT2D eigenvalue weighted by atomic mass is 10.1. The first kappa shape index (κ1) is 10.4. The van der Waals surface area contributed by atoms with Crippen LogP contribution in [0.4, 0.5) is 0 Å². The van der Waals surface area contributed by atoms with Gasteiger partial charge in [0.25, 0.3) is 0 Å². The van der Waals surface area contributed by atoms with E-state index in [0.29, 0.717) is 6.42 Å². The number of carbonyl (C=O) groups excluding carboxylic acids is 1. The molecule has 1 rings (SSSR count). The highest BCUT2D eigenvalue weighted by Gasteiger charge is 2.13. The van der Waals surface area contributed by atoms with Crippen LogP contribution >= 0.6 is 11.3 Å². The first-order valence-electron chi connectivity index (χ1n) is 4.25. The lowest BCUT2D eigenvalue weighted by Crippen LogP contribution is -2.12. The molecule has 0 bridgehead atoms. The van der Waals surface area contributed by atoms with Crippen LogP contribution in [0.5, 0.6) is 0 Å². The normalized spacial score (nSPS) is 12.8. The summed E-state index contributed by atoms with van der Waals surface area (Å²) in [5.74, 6) is 0.174. The molecule has 0 fully saturated rings. The summed E-state index contributed by atoms with van der Waals surface area (Å²) in [5.41, 5.74) is 0.842. The van der Waals surface area contributed by atoms with Crippen molar-refractivity contribution in [3.63, 3.8) is 0 Å². The molecule has 0 radical (unpaired) electrons. The maximum absolute atomic E-state index is 11.6. The molecule has 0 N–H and O–H groups in total. The topological polar surface area (TPSA) is 26.3 Å². The van der Waals surface area contributed by atoms with E-state index in [-0.39, 0.29) is 11.9 Å². The minimum Gasteiger partial charge on any atom is -0.381 e. The smallest absolute Gasteiger partial charge is 0.166 e. The number of thiophene rings is 1.